The van der Waals surface area contributed by atoms with E-state index in [1.165, 1.54) is 30.7 Å². The Morgan fingerprint density at radius 3 is 2.40 bits per heavy atom. The fraction of sp³-hybridized carbons (Fsp3) is 0.667. The molecule has 10 heteroatoms. The Balaban J connectivity index is 2.12. The Morgan fingerprint density at radius 2 is 1.84 bits per heavy atom. The van der Waals surface area contributed by atoms with E-state index >= 15 is 0 Å². The number of rotatable bonds is 5. The molecule has 2 aliphatic rings. The molecule has 0 radical (unpaired) electrons. The summed E-state index contributed by atoms with van der Waals surface area (Å²) in [7, 11) is 1.41. The van der Waals surface area contributed by atoms with Crippen LogP contribution in [0.1, 0.15) is 27.7 Å². The Bertz CT molecular complexity index is 607. The van der Waals surface area contributed by atoms with E-state index in [0.29, 0.717) is 5.76 Å². The minimum absolute atomic E-state index is 0.0156. The van der Waals surface area contributed by atoms with Gasteiger partial charge in [0.1, 0.15) is 17.2 Å². The maximum Gasteiger partial charge on any atom is 0.511 e. The summed E-state index contributed by atoms with van der Waals surface area (Å²) in [4.78, 5) is 37.3. The van der Waals surface area contributed by atoms with E-state index in [-0.39, 0.29) is 22.4 Å². The third-order valence-electron chi connectivity index (χ3n) is 3.55. The number of nitrogens with zero attached hydrogens (tertiary/aromatic N) is 1. The molecule has 1 fully saturated rings. The summed E-state index contributed by atoms with van der Waals surface area (Å²) in [6, 6.07) is -0.677. The third-order valence-corrected chi connectivity index (χ3v) is 4.96. The first-order chi connectivity index (χ1) is 11.7. The molecule has 0 bridgehead atoms. The lowest BCUT2D eigenvalue weighted by molar-refractivity contribution is -0.169. The smallest absolute Gasteiger partial charge is 0.497 e. The van der Waals surface area contributed by atoms with Crippen molar-refractivity contribution in [3.63, 3.8) is 0 Å². The molecule has 0 aromatic rings. The SMILES string of the molecule is COC1=C(C(=O)OC(C)OC(=O)OC(C)C)N2C(=O)[C@@H](N)[C@H]2SC1C. The van der Waals surface area contributed by atoms with Gasteiger partial charge < -0.3 is 24.7 Å². The molecule has 9 nitrogen and oxygen atoms in total. The Kier molecular flexibility index (Phi) is 5.83. The molecule has 25 heavy (non-hydrogen) atoms. The fourth-order valence-corrected chi connectivity index (χ4v) is 3.87. The fourth-order valence-electron chi connectivity index (χ4n) is 2.50. The van der Waals surface area contributed by atoms with Crippen LogP contribution in [0.5, 0.6) is 0 Å². The number of hydrogen-bond donors (Lipinski definition) is 1. The lowest BCUT2D eigenvalue weighted by atomic mass is 10.1. The van der Waals surface area contributed by atoms with Gasteiger partial charge >= 0.3 is 12.1 Å². The van der Waals surface area contributed by atoms with Crippen molar-refractivity contribution in [3.8, 4) is 0 Å². The van der Waals surface area contributed by atoms with Crippen molar-refractivity contribution < 1.29 is 33.3 Å². The number of methoxy groups -OCH3 is 1. The third kappa shape index (κ3) is 3.84. The molecule has 2 aliphatic heterocycles. The van der Waals surface area contributed by atoms with Crippen molar-refractivity contribution in [2.45, 2.75) is 56.8 Å². The Hall–Kier alpha value is -1.94. The van der Waals surface area contributed by atoms with Gasteiger partial charge in [-0.15, -0.1) is 11.8 Å². The van der Waals surface area contributed by atoms with E-state index in [1.54, 1.807) is 13.8 Å². The molecule has 1 amide bonds. The van der Waals surface area contributed by atoms with Gasteiger partial charge in [-0.1, -0.05) is 0 Å². The second-order valence-electron chi connectivity index (χ2n) is 5.83. The van der Waals surface area contributed by atoms with Crippen LogP contribution in [0, 0.1) is 0 Å². The van der Waals surface area contributed by atoms with Gasteiger partial charge in [0.05, 0.1) is 18.5 Å². The number of carbonyl (C=O) groups is 3. The number of esters is 1. The summed E-state index contributed by atoms with van der Waals surface area (Å²) in [6.07, 6.45) is -2.52. The predicted octanol–water partition coefficient (Wildman–Crippen LogP) is 0.926. The molecule has 4 atom stereocenters. The van der Waals surface area contributed by atoms with Crippen LogP contribution in [0.25, 0.3) is 0 Å². The summed E-state index contributed by atoms with van der Waals surface area (Å²) in [5, 5.41) is -0.541. The number of amides is 1. The average Bonchev–Trinajstić information content (AvgIpc) is 2.51. The van der Waals surface area contributed by atoms with Crippen LogP contribution in [-0.2, 0) is 28.5 Å². The van der Waals surface area contributed by atoms with Gasteiger partial charge in [0.15, 0.2) is 5.70 Å². The number of ether oxygens (including phenoxy) is 4. The van der Waals surface area contributed by atoms with Gasteiger partial charge in [0.2, 0.25) is 12.2 Å². The van der Waals surface area contributed by atoms with E-state index in [9.17, 15) is 14.4 Å². The molecule has 0 aromatic heterocycles. The van der Waals surface area contributed by atoms with E-state index in [4.69, 9.17) is 24.7 Å². The molecule has 2 rings (SSSR count). The van der Waals surface area contributed by atoms with Gasteiger partial charge in [-0.3, -0.25) is 9.69 Å². The monoisotopic (exact) mass is 374 g/mol. The van der Waals surface area contributed by atoms with Gasteiger partial charge in [-0.25, -0.2) is 9.59 Å². The minimum Gasteiger partial charge on any atom is -0.497 e. The Morgan fingerprint density at radius 1 is 1.20 bits per heavy atom. The number of thioether (sulfide) groups is 1. The van der Waals surface area contributed by atoms with E-state index in [1.807, 2.05) is 6.92 Å². The van der Waals surface area contributed by atoms with Crippen LogP contribution >= 0.6 is 11.8 Å². The number of hydrogen-bond acceptors (Lipinski definition) is 9. The molecule has 0 spiro atoms. The quantitative estimate of drug-likeness (QED) is 0.426. The zero-order valence-corrected chi connectivity index (χ0v) is 15.5. The van der Waals surface area contributed by atoms with Gasteiger partial charge in [0.25, 0.3) is 0 Å². The van der Waals surface area contributed by atoms with Crippen molar-refractivity contribution in [3.05, 3.63) is 11.5 Å². The van der Waals surface area contributed by atoms with Crippen LogP contribution in [0.4, 0.5) is 4.79 Å². The normalized spacial score (nSPS) is 26.6. The molecule has 1 saturated heterocycles. The molecule has 0 aliphatic carbocycles. The standard InChI is InChI=1S/C15H22N2O7S/c1-6(2)22-15(20)24-8(4)23-14(19)10-11(21-5)7(3)25-13-9(16)12(18)17(10)13/h6-9,13H,16H2,1-5H3/t7?,8?,9-,13-/m1/s1. The minimum atomic E-state index is -1.20. The molecule has 2 unspecified atom stereocenters. The van der Waals surface area contributed by atoms with Crippen LogP contribution in [0.3, 0.4) is 0 Å². The second-order valence-corrected chi connectivity index (χ2v) is 7.29. The molecule has 0 aromatic carbocycles. The first-order valence-corrected chi connectivity index (χ1v) is 8.72. The number of carbonyl (C=O) groups excluding carboxylic acids is 3. The molecule has 2 heterocycles. The lowest BCUT2D eigenvalue weighted by Crippen LogP contribution is -2.69. The van der Waals surface area contributed by atoms with Gasteiger partial charge in [-0.05, 0) is 20.8 Å². The van der Waals surface area contributed by atoms with Crippen molar-refractivity contribution in [2.24, 2.45) is 5.73 Å². The maximum absolute atomic E-state index is 12.5. The number of nitrogens with two attached hydrogens (primary N) is 1. The first kappa shape index (κ1) is 19.4. The highest BCUT2D eigenvalue weighted by atomic mass is 32.2. The molecular weight excluding hydrogens is 352 g/mol. The largest absolute Gasteiger partial charge is 0.511 e. The van der Waals surface area contributed by atoms with Gasteiger partial charge in [-0.2, -0.15) is 0 Å². The van der Waals surface area contributed by atoms with Crippen LogP contribution in [0.2, 0.25) is 0 Å². The van der Waals surface area contributed by atoms with Gasteiger partial charge in [0, 0.05) is 6.92 Å². The molecule has 140 valence electrons. The summed E-state index contributed by atoms with van der Waals surface area (Å²) in [6.45, 7) is 6.53. The number of fused-ring (bicyclic) bond motifs is 1. The van der Waals surface area contributed by atoms with Crippen molar-refractivity contribution in [1.29, 1.82) is 0 Å². The zero-order chi connectivity index (χ0) is 18.9. The number of β-lactam (4-membered cyclic amide) rings is 1. The topological polar surface area (TPSA) is 117 Å². The summed E-state index contributed by atoms with van der Waals surface area (Å²) in [5.41, 5.74) is 5.77. The average molecular weight is 374 g/mol. The van der Waals surface area contributed by atoms with Crippen LogP contribution in [-0.4, -0.2) is 59.1 Å². The second kappa shape index (κ2) is 7.52. The van der Waals surface area contributed by atoms with E-state index < -0.39 is 30.4 Å². The summed E-state index contributed by atoms with van der Waals surface area (Å²) in [5.74, 6) is -0.916. The Labute approximate surface area is 149 Å². The predicted molar refractivity (Wildman–Crippen MR) is 88.0 cm³/mol. The van der Waals surface area contributed by atoms with E-state index in [2.05, 4.69) is 0 Å². The van der Waals surface area contributed by atoms with Crippen molar-refractivity contribution in [2.75, 3.05) is 7.11 Å². The highest BCUT2D eigenvalue weighted by Gasteiger charge is 2.54. The first-order valence-electron chi connectivity index (χ1n) is 7.77. The highest BCUT2D eigenvalue weighted by molar-refractivity contribution is 8.00. The van der Waals surface area contributed by atoms with Crippen molar-refractivity contribution >= 4 is 29.8 Å². The maximum atomic E-state index is 12.5. The summed E-state index contributed by atoms with van der Waals surface area (Å²) < 4.78 is 20.1. The van der Waals surface area contributed by atoms with Crippen LogP contribution in [0.15, 0.2) is 11.5 Å². The van der Waals surface area contributed by atoms with Crippen molar-refractivity contribution in [1.82, 2.24) is 4.90 Å². The molecular formula is C15H22N2O7S. The highest BCUT2D eigenvalue weighted by Crippen LogP contribution is 2.43. The lowest BCUT2D eigenvalue weighted by Gasteiger charge is -2.49. The van der Waals surface area contributed by atoms with Crippen LogP contribution < -0.4 is 5.73 Å². The van der Waals surface area contributed by atoms with E-state index in [0.717, 1.165) is 0 Å². The zero-order valence-electron chi connectivity index (χ0n) is 14.7. The molecule has 0 saturated carbocycles. The summed E-state index contributed by atoms with van der Waals surface area (Å²) >= 11 is 1.42. The molecule has 2 N–H and O–H groups in total.